The normalized spacial score (nSPS) is 10.2. The van der Waals surface area contributed by atoms with Gasteiger partial charge in [0.2, 0.25) is 0 Å². The summed E-state index contributed by atoms with van der Waals surface area (Å²) >= 11 is 0. The first-order valence-corrected chi connectivity index (χ1v) is 4.94. The van der Waals surface area contributed by atoms with E-state index in [2.05, 4.69) is 30.3 Å². The van der Waals surface area contributed by atoms with Gasteiger partial charge in [0.1, 0.15) is 0 Å². The molecule has 16 heavy (non-hydrogen) atoms. The van der Waals surface area contributed by atoms with Gasteiger partial charge in [-0.15, -0.1) is 35.7 Å². The van der Waals surface area contributed by atoms with Crippen molar-refractivity contribution >= 4 is 27.2 Å². The van der Waals surface area contributed by atoms with Gasteiger partial charge in [0.05, 0.1) is 0 Å². The number of nitrogens with two attached hydrogens (primary N) is 1. The smallest absolute Gasteiger partial charge is 0.399 e. The van der Waals surface area contributed by atoms with E-state index in [4.69, 9.17) is 5.73 Å². The van der Waals surface area contributed by atoms with Crippen molar-refractivity contribution in [3.05, 3.63) is 54.6 Å². The number of nitrogen functional groups attached to an aromatic ring is 1. The Morgan fingerprint density at radius 3 is 2.69 bits per heavy atom. The molecule has 0 fully saturated rings. The molecule has 0 heterocycles. The molecule has 0 saturated carbocycles. The first kappa shape index (κ1) is 12.0. The number of hydrogen-bond acceptors (Lipinski definition) is 1. The van der Waals surface area contributed by atoms with Crippen LogP contribution in [0, 0.1) is 55.4 Å². The third-order valence-corrected chi connectivity index (χ3v) is 2.72. The minimum absolute atomic E-state index is 0. The number of fused-ring (bicyclic) bond motifs is 3. The zero-order valence-corrected chi connectivity index (χ0v) is 11.0. The summed E-state index contributed by atoms with van der Waals surface area (Å²) in [5.74, 6) is 0. The Hall–Kier alpha value is -0.436. The van der Waals surface area contributed by atoms with Gasteiger partial charge in [0, 0.05) is 5.69 Å². The maximum atomic E-state index is 6.01. The zero-order chi connectivity index (χ0) is 10.3. The summed E-state index contributed by atoms with van der Waals surface area (Å²) < 4.78 is 0. The van der Waals surface area contributed by atoms with Gasteiger partial charge in [-0.2, -0.15) is 0 Å². The molecule has 0 aliphatic heterocycles. The monoisotopic (exact) mass is 345 g/mol. The number of anilines is 1. The molecule has 76 valence electrons. The van der Waals surface area contributed by atoms with Crippen molar-refractivity contribution in [2.45, 2.75) is 0 Å². The second-order valence-corrected chi connectivity index (χ2v) is 3.64. The second-order valence-electron chi connectivity index (χ2n) is 3.64. The molecule has 0 aliphatic carbocycles. The number of benzene rings is 3. The molecule has 0 aromatic heterocycles. The van der Waals surface area contributed by atoms with E-state index in [1.165, 1.54) is 10.8 Å². The van der Waals surface area contributed by atoms with Crippen LogP contribution in [0.3, 0.4) is 0 Å². The van der Waals surface area contributed by atoms with Gasteiger partial charge in [-0.3, -0.25) is 0 Å². The molecule has 0 spiro atoms. The van der Waals surface area contributed by atoms with Crippen molar-refractivity contribution < 1.29 is 49.4 Å². The van der Waals surface area contributed by atoms with Gasteiger partial charge in [0.25, 0.3) is 0 Å². The van der Waals surface area contributed by atoms with Crippen molar-refractivity contribution in [1.29, 1.82) is 0 Å². The van der Waals surface area contributed by atoms with Gasteiger partial charge < -0.3 is 5.73 Å². The van der Waals surface area contributed by atoms with Crippen molar-refractivity contribution in [3.8, 4) is 0 Å². The van der Waals surface area contributed by atoms with Crippen LogP contribution >= 0.6 is 0 Å². The van der Waals surface area contributed by atoms with Gasteiger partial charge in [-0.05, 0) is 16.8 Å². The molecule has 0 amide bonds. The predicted molar refractivity (Wildman–Crippen MR) is 64.7 cm³/mol. The van der Waals surface area contributed by atoms with Crippen LogP contribution in [0.4, 0.5) is 5.69 Å². The standard InChI is InChI=1S/C14H10N.Eu/c15-13-7-3-5-11-9-8-10-4-1-2-6-12(10)14(11)13;/h1-3,5-9H,15H2;/q-1;+3. The maximum absolute atomic E-state index is 6.01. The minimum atomic E-state index is 0. The van der Waals surface area contributed by atoms with E-state index in [1.807, 2.05) is 24.3 Å². The van der Waals surface area contributed by atoms with E-state index >= 15 is 0 Å². The van der Waals surface area contributed by atoms with Crippen molar-refractivity contribution in [1.82, 2.24) is 0 Å². The van der Waals surface area contributed by atoms with Crippen molar-refractivity contribution in [2.24, 2.45) is 0 Å². The summed E-state index contributed by atoms with van der Waals surface area (Å²) in [5, 5.41) is 4.60. The molecule has 0 bridgehead atoms. The first-order chi connectivity index (χ1) is 7.36. The predicted octanol–water partition coefficient (Wildman–Crippen LogP) is 3.38. The van der Waals surface area contributed by atoms with Crippen LogP contribution in [0.2, 0.25) is 0 Å². The quantitative estimate of drug-likeness (QED) is 0.378. The Labute approximate surface area is 135 Å². The van der Waals surface area contributed by atoms with E-state index < -0.39 is 0 Å². The third-order valence-electron chi connectivity index (χ3n) is 2.72. The maximum Gasteiger partial charge on any atom is 3.00 e. The summed E-state index contributed by atoms with van der Waals surface area (Å²) in [7, 11) is 0. The summed E-state index contributed by atoms with van der Waals surface area (Å²) in [4.78, 5) is 0. The summed E-state index contributed by atoms with van der Waals surface area (Å²) in [6, 6.07) is 19.4. The fourth-order valence-electron chi connectivity index (χ4n) is 2.02. The summed E-state index contributed by atoms with van der Waals surface area (Å²) in [6.07, 6.45) is 0. The van der Waals surface area contributed by atoms with Crippen molar-refractivity contribution in [3.63, 3.8) is 0 Å². The Kier molecular flexibility index (Phi) is 3.63. The first-order valence-electron chi connectivity index (χ1n) is 4.94. The van der Waals surface area contributed by atoms with E-state index in [0.717, 1.165) is 16.5 Å². The minimum Gasteiger partial charge on any atom is -0.399 e. The van der Waals surface area contributed by atoms with Crippen LogP contribution in [0.25, 0.3) is 21.5 Å². The molecule has 0 aliphatic rings. The van der Waals surface area contributed by atoms with Gasteiger partial charge >= 0.3 is 49.4 Å². The van der Waals surface area contributed by atoms with Crippen LogP contribution in [-0.4, -0.2) is 0 Å². The largest absolute Gasteiger partial charge is 3.00 e. The van der Waals surface area contributed by atoms with Gasteiger partial charge in [0.15, 0.2) is 0 Å². The van der Waals surface area contributed by atoms with Gasteiger partial charge in [-0.25, -0.2) is 0 Å². The molecule has 1 nitrogen and oxygen atoms in total. The SMILES string of the molecule is Nc1cccc2ccc3[c-]cccc3c12.[Eu+3]. The van der Waals surface area contributed by atoms with Crippen LogP contribution in [0.1, 0.15) is 0 Å². The Balaban J connectivity index is 0.000000963. The Bertz CT molecular complexity index is 646. The molecule has 3 rings (SSSR count). The molecule has 0 unspecified atom stereocenters. The fraction of sp³-hybridized carbons (Fsp3) is 0. The second kappa shape index (κ2) is 4.83. The van der Waals surface area contributed by atoms with E-state index in [1.54, 1.807) is 0 Å². The molecule has 0 atom stereocenters. The molecule has 0 radical (unpaired) electrons. The van der Waals surface area contributed by atoms with Crippen LogP contribution in [0.15, 0.2) is 48.5 Å². The van der Waals surface area contributed by atoms with E-state index in [-0.39, 0.29) is 49.4 Å². The Morgan fingerprint density at radius 1 is 0.938 bits per heavy atom. The van der Waals surface area contributed by atoms with Crippen LogP contribution in [0.5, 0.6) is 0 Å². The summed E-state index contributed by atoms with van der Waals surface area (Å²) in [5.41, 5.74) is 6.84. The van der Waals surface area contributed by atoms with Crippen molar-refractivity contribution in [2.75, 3.05) is 5.73 Å². The Morgan fingerprint density at radius 2 is 1.81 bits per heavy atom. The summed E-state index contributed by atoms with van der Waals surface area (Å²) in [6.45, 7) is 0. The topological polar surface area (TPSA) is 26.0 Å². The molecular formula is C14H10EuN+2. The average Bonchev–Trinajstić information content (AvgIpc) is 2.29. The number of hydrogen-bond donors (Lipinski definition) is 1. The van der Waals surface area contributed by atoms with E-state index in [9.17, 15) is 0 Å². The molecule has 2 N–H and O–H groups in total. The molecule has 0 saturated heterocycles. The molecule has 2 heteroatoms. The number of rotatable bonds is 0. The fourth-order valence-corrected chi connectivity index (χ4v) is 2.02. The molecule has 3 aromatic rings. The van der Waals surface area contributed by atoms with Crippen LogP contribution < -0.4 is 5.73 Å². The van der Waals surface area contributed by atoms with E-state index in [0.29, 0.717) is 0 Å². The zero-order valence-electron chi connectivity index (χ0n) is 8.57. The molecular weight excluding hydrogens is 334 g/mol. The van der Waals surface area contributed by atoms with Gasteiger partial charge in [-0.1, -0.05) is 23.6 Å². The third kappa shape index (κ3) is 1.90. The average molecular weight is 344 g/mol. The molecule has 3 aromatic carbocycles. The van der Waals surface area contributed by atoms with Crippen LogP contribution in [-0.2, 0) is 0 Å².